The van der Waals surface area contributed by atoms with Crippen molar-refractivity contribution in [1.29, 1.82) is 0 Å². The Hall–Kier alpha value is -1.34. The number of H-pyrrole nitrogens is 1. The summed E-state index contributed by atoms with van der Waals surface area (Å²) in [6.45, 7) is 0.553. The molecule has 1 saturated heterocycles. The fourth-order valence-electron chi connectivity index (χ4n) is 2.26. The Morgan fingerprint density at radius 2 is 1.90 bits per heavy atom. The highest BCUT2D eigenvalue weighted by Gasteiger charge is 2.36. The lowest BCUT2D eigenvalue weighted by Gasteiger charge is -2.36. The van der Waals surface area contributed by atoms with Crippen LogP contribution >= 0.6 is 31.9 Å². The molecule has 2 N–H and O–H groups in total. The number of benzene rings is 1. The average molecular weight is 402 g/mol. The molecule has 1 fully saturated rings. The highest BCUT2D eigenvalue weighted by molar-refractivity contribution is 9.13. The monoisotopic (exact) mass is 400 g/mol. The molecule has 0 unspecified atom stereocenters. The minimum atomic E-state index is -0.848. The summed E-state index contributed by atoms with van der Waals surface area (Å²) in [6.07, 6.45) is 1.67. The van der Waals surface area contributed by atoms with Gasteiger partial charge in [0.05, 0.1) is 11.5 Å². The fourth-order valence-corrected chi connectivity index (χ4v) is 2.95. The first-order valence-electron chi connectivity index (χ1n) is 5.95. The first-order chi connectivity index (χ1) is 9.47. The van der Waals surface area contributed by atoms with Gasteiger partial charge in [-0.3, -0.25) is 9.59 Å². The Bertz CT molecular complexity index is 720. The molecule has 5 nitrogen and oxygen atoms in total. The number of aromatic nitrogens is 1. The fraction of sp³-hybridized carbons (Fsp3) is 0.231. The van der Waals surface area contributed by atoms with E-state index in [0.29, 0.717) is 5.56 Å². The number of amides is 1. The van der Waals surface area contributed by atoms with Crippen molar-refractivity contribution in [2.45, 2.75) is 0 Å². The standard InChI is InChI=1S/C13H10Br2N2O3/c14-9-1-7-8(3-16-11(7)2-10(9)15)12(18)17-4-6(5-17)13(19)20/h1-3,6,16H,4-5H2,(H,19,20). The minimum Gasteiger partial charge on any atom is -0.481 e. The largest absolute Gasteiger partial charge is 0.481 e. The van der Waals surface area contributed by atoms with E-state index in [0.717, 1.165) is 19.8 Å². The third-order valence-corrected chi connectivity index (χ3v) is 5.32. The van der Waals surface area contributed by atoms with Gasteiger partial charge in [-0.25, -0.2) is 0 Å². The first kappa shape index (κ1) is 13.6. The maximum Gasteiger partial charge on any atom is 0.310 e. The van der Waals surface area contributed by atoms with E-state index in [4.69, 9.17) is 5.11 Å². The van der Waals surface area contributed by atoms with Crippen molar-refractivity contribution in [3.05, 3.63) is 32.8 Å². The normalized spacial score (nSPS) is 15.4. The van der Waals surface area contributed by atoms with E-state index in [9.17, 15) is 9.59 Å². The number of carbonyl (C=O) groups is 2. The maximum absolute atomic E-state index is 12.4. The van der Waals surface area contributed by atoms with Crippen molar-refractivity contribution in [2.24, 2.45) is 5.92 Å². The second-order valence-electron chi connectivity index (χ2n) is 4.76. The minimum absolute atomic E-state index is 0.136. The Labute approximate surface area is 131 Å². The summed E-state index contributed by atoms with van der Waals surface area (Å²) < 4.78 is 1.77. The predicted octanol–water partition coefficient (Wildman–Crippen LogP) is 2.85. The number of carbonyl (C=O) groups excluding carboxylic acids is 1. The van der Waals surface area contributed by atoms with E-state index >= 15 is 0 Å². The molecule has 0 atom stereocenters. The lowest BCUT2D eigenvalue weighted by atomic mass is 9.99. The second kappa shape index (κ2) is 4.89. The lowest BCUT2D eigenvalue weighted by Crippen LogP contribution is -2.52. The van der Waals surface area contributed by atoms with Gasteiger partial charge in [0.15, 0.2) is 0 Å². The number of hydrogen-bond donors (Lipinski definition) is 2. The molecular weight excluding hydrogens is 392 g/mol. The van der Waals surface area contributed by atoms with Crippen LogP contribution in [0.5, 0.6) is 0 Å². The molecule has 0 radical (unpaired) electrons. The Balaban J connectivity index is 1.90. The zero-order valence-electron chi connectivity index (χ0n) is 10.2. The van der Waals surface area contributed by atoms with Crippen molar-refractivity contribution in [3.63, 3.8) is 0 Å². The van der Waals surface area contributed by atoms with Crippen LogP contribution in [0, 0.1) is 5.92 Å². The molecule has 20 heavy (non-hydrogen) atoms. The lowest BCUT2D eigenvalue weighted by molar-refractivity contribution is -0.146. The smallest absolute Gasteiger partial charge is 0.310 e. The SMILES string of the molecule is O=C(O)C1CN(C(=O)c2c[nH]c3cc(Br)c(Br)cc23)C1. The van der Waals surface area contributed by atoms with Crippen molar-refractivity contribution in [3.8, 4) is 0 Å². The van der Waals surface area contributed by atoms with Gasteiger partial charge in [0.25, 0.3) is 5.91 Å². The molecule has 0 saturated carbocycles. The Kier molecular flexibility index (Phi) is 3.33. The molecule has 1 aromatic carbocycles. The molecule has 104 valence electrons. The summed E-state index contributed by atoms with van der Waals surface area (Å²) in [7, 11) is 0. The molecule has 0 aliphatic carbocycles. The molecule has 0 spiro atoms. The summed E-state index contributed by atoms with van der Waals surface area (Å²) in [5.74, 6) is -1.42. The number of likely N-dealkylation sites (tertiary alicyclic amines) is 1. The van der Waals surface area contributed by atoms with Crippen molar-refractivity contribution in [1.82, 2.24) is 9.88 Å². The van der Waals surface area contributed by atoms with E-state index in [1.807, 2.05) is 12.1 Å². The van der Waals surface area contributed by atoms with Crippen LogP contribution < -0.4 is 0 Å². The number of aliphatic carboxylic acids is 1. The van der Waals surface area contributed by atoms with Gasteiger partial charge in [0.1, 0.15) is 0 Å². The number of rotatable bonds is 2. The van der Waals surface area contributed by atoms with Gasteiger partial charge >= 0.3 is 5.97 Å². The highest BCUT2D eigenvalue weighted by Crippen LogP contribution is 2.31. The predicted molar refractivity (Wildman–Crippen MR) is 80.7 cm³/mol. The van der Waals surface area contributed by atoms with Gasteiger partial charge < -0.3 is 15.0 Å². The molecule has 1 aliphatic heterocycles. The van der Waals surface area contributed by atoms with Gasteiger partial charge in [0, 0.05) is 39.1 Å². The quantitative estimate of drug-likeness (QED) is 0.812. The highest BCUT2D eigenvalue weighted by atomic mass is 79.9. The van der Waals surface area contributed by atoms with E-state index in [2.05, 4.69) is 36.8 Å². The molecule has 7 heteroatoms. The average Bonchev–Trinajstić information content (AvgIpc) is 2.70. The molecule has 1 aromatic heterocycles. The molecule has 1 aliphatic rings. The summed E-state index contributed by atoms with van der Waals surface area (Å²) in [5.41, 5.74) is 1.43. The number of halogens is 2. The molecular formula is C13H10Br2N2O3. The maximum atomic E-state index is 12.4. The molecule has 0 bridgehead atoms. The second-order valence-corrected chi connectivity index (χ2v) is 6.47. The zero-order valence-corrected chi connectivity index (χ0v) is 13.4. The number of hydrogen-bond acceptors (Lipinski definition) is 2. The first-order valence-corrected chi connectivity index (χ1v) is 7.54. The van der Waals surface area contributed by atoms with Gasteiger partial charge in [-0.15, -0.1) is 0 Å². The summed E-state index contributed by atoms with van der Waals surface area (Å²) in [5, 5.41) is 9.67. The molecule has 2 heterocycles. The number of carboxylic acid groups (broad SMARTS) is 1. The van der Waals surface area contributed by atoms with Gasteiger partial charge in [0.2, 0.25) is 0 Å². The van der Waals surface area contributed by atoms with Gasteiger partial charge in [-0.2, -0.15) is 0 Å². The van der Waals surface area contributed by atoms with Crippen molar-refractivity contribution >= 4 is 54.6 Å². The van der Waals surface area contributed by atoms with Crippen LogP contribution in [0.3, 0.4) is 0 Å². The summed E-state index contributed by atoms with van der Waals surface area (Å²) in [4.78, 5) is 27.7. The van der Waals surface area contributed by atoms with Gasteiger partial charge in [-0.05, 0) is 44.0 Å². The van der Waals surface area contributed by atoms with Crippen LogP contribution in [-0.4, -0.2) is 40.0 Å². The van der Waals surface area contributed by atoms with Crippen molar-refractivity contribution in [2.75, 3.05) is 13.1 Å². The van der Waals surface area contributed by atoms with E-state index in [1.165, 1.54) is 0 Å². The zero-order chi connectivity index (χ0) is 14.4. The third-order valence-electron chi connectivity index (χ3n) is 3.47. The number of nitrogens with zero attached hydrogens (tertiary/aromatic N) is 1. The van der Waals surface area contributed by atoms with Crippen LogP contribution in [0.25, 0.3) is 10.9 Å². The van der Waals surface area contributed by atoms with E-state index in [-0.39, 0.29) is 19.0 Å². The number of fused-ring (bicyclic) bond motifs is 1. The Morgan fingerprint density at radius 1 is 1.25 bits per heavy atom. The number of nitrogens with one attached hydrogen (secondary N) is 1. The summed E-state index contributed by atoms with van der Waals surface area (Å²) in [6, 6.07) is 3.77. The Morgan fingerprint density at radius 3 is 2.55 bits per heavy atom. The van der Waals surface area contributed by atoms with Crippen LogP contribution in [-0.2, 0) is 4.79 Å². The molecule has 2 aromatic rings. The van der Waals surface area contributed by atoms with Crippen LogP contribution in [0.1, 0.15) is 10.4 Å². The molecule has 3 rings (SSSR count). The summed E-state index contributed by atoms with van der Waals surface area (Å²) >= 11 is 6.83. The van der Waals surface area contributed by atoms with Crippen LogP contribution in [0.15, 0.2) is 27.3 Å². The number of aromatic amines is 1. The van der Waals surface area contributed by atoms with E-state index in [1.54, 1.807) is 11.1 Å². The number of carboxylic acids is 1. The van der Waals surface area contributed by atoms with Gasteiger partial charge in [-0.1, -0.05) is 0 Å². The van der Waals surface area contributed by atoms with Crippen LogP contribution in [0.4, 0.5) is 0 Å². The third kappa shape index (κ3) is 2.14. The van der Waals surface area contributed by atoms with E-state index < -0.39 is 11.9 Å². The topological polar surface area (TPSA) is 73.4 Å². The molecule has 1 amide bonds. The van der Waals surface area contributed by atoms with Crippen molar-refractivity contribution < 1.29 is 14.7 Å². The van der Waals surface area contributed by atoms with Crippen LogP contribution in [0.2, 0.25) is 0 Å².